The zero-order chi connectivity index (χ0) is 15.8. The molecule has 0 spiro atoms. The molecule has 0 aromatic heterocycles. The smallest absolute Gasteiger partial charge is 0.143 e. The average molecular weight is 318 g/mol. The van der Waals surface area contributed by atoms with Gasteiger partial charge in [0, 0.05) is 6.54 Å². The summed E-state index contributed by atoms with van der Waals surface area (Å²) in [5.41, 5.74) is 5.68. The van der Waals surface area contributed by atoms with Crippen LogP contribution in [-0.2, 0) is 12.8 Å². The van der Waals surface area contributed by atoms with E-state index in [0.29, 0.717) is 25.5 Å². The Bertz CT molecular complexity index is 585. The van der Waals surface area contributed by atoms with E-state index in [-0.39, 0.29) is 0 Å². The second-order valence-electron chi connectivity index (χ2n) is 7.10. The van der Waals surface area contributed by atoms with Crippen LogP contribution in [0.2, 0.25) is 0 Å². The van der Waals surface area contributed by atoms with Crippen LogP contribution in [0.5, 0.6) is 5.75 Å². The highest BCUT2D eigenvalue weighted by Crippen LogP contribution is 2.51. The maximum atomic E-state index is 14.1. The number of ether oxygens (including phenoxy) is 1. The van der Waals surface area contributed by atoms with E-state index in [4.69, 9.17) is 4.74 Å². The first kappa shape index (κ1) is 15.3. The van der Waals surface area contributed by atoms with Crippen LogP contribution in [0.1, 0.15) is 48.8 Å². The van der Waals surface area contributed by atoms with E-state index in [1.807, 2.05) is 6.92 Å². The number of nitrogens with one attached hydrogen (secondary N) is 1. The average Bonchev–Trinajstić information content (AvgIpc) is 3.39. The number of halogens is 1. The van der Waals surface area contributed by atoms with Crippen molar-refractivity contribution in [3.8, 4) is 5.75 Å². The van der Waals surface area contributed by atoms with E-state index >= 15 is 0 Å². The number of fused-ring (bicyclic) bond motifs is 2. The highest BCUT2D eigenvalue weighted by atomic mass is 19.1. The molecule has 1 fully saturated rings. The Balaban J connectivity index is 1.80. The highest BCUT2D eigenvalue weighted by molar-refractivity contribution is 5.71. The van der Waals surface area contributed by atoms with E-state index in [0.717, 1.165) is 38.2 Å². The Morgan fingerprint density at radius 1 is 1.35 bits per heavy atom. The Kier molecular flexibility index (Phi) is 4.18. The fourth-order valence-corrected chi connectivity index (χ4v) is 4.02. The summed E-state index contributed by atoms with van der Waals surface area (Å²) in [5.74, 6) is 1.67. The number of nitrogens with zero attached hydrogens (tertiary/aromatic N) is 1. The third-order valence-corrected chi connectivity index (χ3v) is 5.41. The van der Waals surface area contributed by atoms with Crippen LogP contribution in [0.25, 0.3) is 0 Å². The molecule has 4 heteroatoms. The first-order chi connectivity index (χ1) is 11.3. The SMILES string of the molecule is CC[C@H](F)CN1CCOc2cc3c(c(C4CC4)c21)CCNCC3. The molecule has 0 radical (unpaired) electrons. The molecule has 0 unspecified atom stereocenters. The summed E-state index contributed by atoms with van der Waals surface area (Å²) in [5, 5.41) is 3.51. The Labute approximate surface area is 138 Å². The van der Waals surface area contributed by atoms with Crippen LogP contribution < -0.4 is 15.0 Å². The molecule has 1 aromatic carbocycles. The summed E-state index contributed by atoms with van der Waals surface area (Å²) in [4.78, 5) is 2.26. The van der Waals surface area contributed by atoms with Crippen molar-refractivity contribution < 1.29 is 9.13 Å². The number of hydrogen-bond acceptors (Lipinski definition) is 3. The van der Waals surface area contributed by atoms with E-state index in [2.05, 4.69) is 16.3 Å². The molecule has 2 aliphatic heterocycles. The van der Waals surface area contributed by atoms with Gasteiger partial charge in [-0.2, -0.15) is 0 Å². The minimum atomic E-state index is -0.756. The summed E-state index contributed by atoms with van der Waals surface area (Å²) in [7, 11) is 0. The lowest BCUT2D eigenvalue weighted by atomic mass is 9.91. The maximum absolute atomic E-state index is 14.1. The van der Waals surface area contributed by atoms with Gasteiger partial charge in [0.2, 0.25) is 0 Å². The molecule has 3 aliphatic rings. The van der Waals surface area contributed by atoms with Crippen molar-refractivity contribution in [2.75, 3.05) is 37.7 Å². The van der Waals surface area contributed by atoms with Crippen molar-refractivity contribution in [3.05, 3.63) is 22.8 Å². The third kappa shape index (κ3) is 2.93. The summed E-state index contributed by atoms with van der Waals surface area (Å²) in [6.45, 7) is 6.00. The van der Waals surface area contributed by atoms with Gasteiger partial charge in [-0.1, -0.05) is 6.92 Å². The maximum Gasteiger partial charge on any atom is 0.143 e. The zero-order valence-electron chi connectivity index (χ0n) is 14.0. The predicted octanol–water partition coefficient (Wildman–Crippen LogP) is 3.20. The normalized spacial score (nSPS) is 21.9. The zero-order valence-corrected chi connectivity index (χ0v) is 14.0. The van der Waals surface area contributed by atoms with Crippen molar-refractivity contribution in [1.82, 2.24) is 5.32 Å². The van der Waals surface area contributed by atoms with Crippen LogP contribution in [0.15, 0.2) is 6.07 Å². The minimum absolute atomic E-state index is 0.504. The Morgan fingerprint density at radius 2 is 2.17 bits per heavy atom. The molecule has 1 aromatic rings. The molecular formula is C19H27FN2O. The Morgan fingerprint density at radius 3 is 2.96 bits per heavy atom. The fraction of sp³-hybridized carbons (Fsp3) is 0.684. The predicted molar refractivity (Wildman–Crippen MR) is 91.6 cm³/mol. The topological polar surface area (TPSA) is 24.5 Å². The number of hydrogen-bond donors (Lipinski definition) is 1. The third-order valence-electron chi connectivity index (χ3n) is 5.41. The molecule has 2 heterocycles. The minimum Gasteiger partial charge on any atom is -0.490 e. The summed E-state index contributed by atoms with van der Waals surface area (Å²) in [6.07, 6.45) is 4.55. The second-order valence-corrected chi connectivity index (χ2v) is 7.10. The second kappa shape index (κ2) is 6.31. The molecule has 3 nitrogen and oxygen atoms in total. The van der Waals surface area contributed by atoms with Crippen LogP contribution in [-0.4, -0.2) is 39.0 Å². The van der Waals surface area contributed by atoms with Crippen molar-refractivity contribution in [2.45, 2.75) is 51.1 Å². The summed E-state index contributed by atoms with van der Waals surface area (Å²) < 4.78 is 20.1. The van der Waals surface area contributed by atoms with Crippen molar-refractivity contribution in [2.24, 2.45) is 0 Å². The number of rotatable bonds is 4. The van der Waals surface area contributed by atoms with E-state index in [1.54, 1.807) is 0 Å². The van der Waals surface area contributed by atoms with Gasteiger partial charge in [0.15, 0.2) is 0 Å². The van der Waals surface area contributed by atoms with Crippen LogP contribution >= 0.6 is 0 Å². The molecule has 1 saturated carbocycles. The lowest BCUT2D eigenvalue weighted by Gasteiger charge is -2.35. The van der Waals surface area contributed by atoms with Crippen molar-refractivity contribution in [3.63, 3.8) is 0 Å². The molecule has 1 atom stereocenters. The summed E-state index contributed by atoms with van der Waals surface area (Å²) in [6, 6.07) is 2.24. The van der Waals surface area contributed by atoms with Crippen molar-refractivity contribution in [1.29, 1.82) is 0 Å². The molecule has 126 valence electrons. The van der Waals surface area contributed by atoms with Gasteiger partial charge in [0.25, 0.3) is 0 Å². The van der Waals surface area contributed by atoms with Gasteiger partial charge in [-0.15, -0.1) is 0 Å². The monoisotopic (exact) mass is 318 g/mol. The first-order valence-electron chi connectivity index (χ1n) is 9.19. The van der Waals surface area contributed by atoms with Gasteiger partial charge in [-0.05, 0) is 73.9 Å². The van der Waals surface area contributed by atoms with Crippen LogP contribution in [0.4, 0.5) is 10.1 Å². The molecule has 1 aliphatic carbocycles. The number of benzene rings is 1. The molecule has 0 amide bonds. The quantitative estimate of drug-likeness (QED) is 0.923. The van der Waals surface area contributed by atoms with Gasteiger partial charge in [0.05, 0.1) is 12.2 Å². The first-order valence-corrected chi connectivity index (χ1v) is 9.19. The van der Waals surface area contributed by atoms with Crippen LogP contribution in [0.3, 0.4) is 0 Å². The number of anilines is 1. The molecule has 4 rings (SSSR count). The van der Waals surface area contributed by atoms with E-state index in [9.17, 15) is 4.39 Å². The lowest BCUT2D eigenvalue weighted by Crippen LogP contribution is -2.38. The largest absolute Gasteiger partial charge is 0.490 e. The fourth-order valence-electron chi connectivity index (χ4n) is 4.02. The Hall–Kier alpha value is -1.29. The number of alkyl halides is 1. The van der Waals surface area contributed by atoms with Gasteiger partial charge < -0.3 is 15.0 Å². The standard InChI is InChI=1S/C19H27FN2O/c1-2-15(20)12-22-9-10-23-17-11-14-5-7-21-8-6-16(14)18(19(17)22)13-3-4-13/h11,13,15,21H,2-10,12H2,1H3/t15-/m0/s1. The van der Waals surface area contributed by atoms with Gasteiger partial charge >= 0.3 is 0 Å². The van der Waals surface area contributed by atoms with E-state index < -0.39 is 6.17 Å². The highest BCUT2D eigenvalue weighted by Gasteiger charge is 2.35. The molecular weight excluding hydrogens is 291 g/mol. The lowest BCUT2D eigenvalue weighted by molar-refractivity contribution is 0.282. The summed E-state index contributed by atoms with van der Waals surface area (Å²) >= 11 is 0. The molecule has 1 N–H and O–H groups in total. The molecule has 23 heavy (non-hydrogen) atoms. The van der Waals surface area contributed by atoms with Gasteiger partial charge in [0.1, 0.15) is 18.5 Å². The molecule has 0 saturated heterocycles. The van der Waals surface area contributed by atoms with Gasteiger partial charge in [-0.25, -0.2) is 4.39 Å². The van der Waals surface area contributed by atoms with E-state index in [1.165, 1.54) is 35.2 Å². The van der Waals surface area contributed by atoms with Gasteiger partial charge in [-0.3, -0.25) is 0 Å². The van der Waals surface area contributed by atoms with Crippen LogP contribution in [0, 0.1) is 0 Å². The van der Waals surface area contributed by atoms with Crippen molar-refractivity contribution >= 4 is 5.69 Å². The molecule has 0 bridgehead atoms.